The molecule has 1 aromatic heterocycles. The number of aliphatic hydroxyl groups is 1. The van der Waals surface area contributed by atoms with Crippen LogP contribution in [0.4, 0.5) is 4.39 Å². The standard InChI is InChI=1S/C17H23FN4O2/c1-4-7-15-20-16(17(24)19-10-14(23)11(2)3)21-22(15)13-9-6-5-8-12(13)18/h5-6,8-9,11,14,23H,4,7,10H2,1-3H3,(H,19,24). The molecule has 0 radical (unpaired) electrons. The quantitative estimate of drug-likeness (QED) is 0.813. The summed E-state index contributed by atoms with van der Waals surface area (Å²) in [5.41, 5.74) is 0.259. The van der Waals surface area contributed by atoms with E-state index in [-0.39, 0.29) is 24.0 Å². The number of rotatable bonds is 7. The fourth-order valence-electron chi connectivity index (χ4n) is 2.15. The predicted molar refractivity (Wildman–Crippen MR) is 88.5 cm³/mol. The van der Waals surface area contributed by atoms with E-state index in [1.807, 2.05) is 20.8 Å². The molecule has 2 N–H and O–H groups in total. The molecule has 0 bridgehead atoms. The predicted octanol–water partition coefficient (Wildman–Crippen LogP) is 2.11. The molecule has 6 nitrogen and oxygen atoms in total. The molecule has 1 unspecified atom stereocenters. The summed E-state index contributed by atoms with van der Waals surface area (Å²) in [6.45, 7) is 5.82. The Morgan fingerprint density at radius 2 is 2.08 bits per heavy atom. The summed E-state index contributed by atoms with van der Waals surface area (Å²) in [7, 11) is 0. The first-order chi connectivity index (χ1) is 11.4. The van der Waals surface area contributed by atoms with Gasteiger partial charge in [0.1, 0.15) is 17.3 Å². The van der Waals surface area contributed by atoms with Gasteiger partial charge in [0.2, 0.25) is 5.82 Å². The van der Waals surface area contributed by atoms with Gasteiger partial charge in [0, 0.05) is 13.0 Å². The van der Waals surface area contributed by atoms with Gasteiger partial charge in [-0.15, -0.1) is 5.10 Å². The van der Waals surface area contributed by atoms with Crippen molar-refractivity contribution in [2.75, 3.05) is 6.54 Å². The van der Waals surface area contributed by atoms with Crippen LogP contribution in [0.15, 0.2) is 24.3 Å². The number of para-hydroxylation sites is 1. The van der Waals surface area contributed by atoms with Crippen molar-refractivity contribution >= 4 is 5.91 Å². The van der Waals surface area contributed by atoms with Crippen LogP contribution in [0, 0.1) is 11.7 Å². The van der Waals surface area contributed by atoms with E-state index >= 15 is 0 Å². The Morgan fingerprint density at radius 3 is 2.71 bits per heavy atom. The van der Waals surface area contributed by atoms with Crippen molar-refractivity contribution in [1.82, 2.24) is 20.1 Å². The van der Waals surface area contributed by atoms with Crippen LogP contribution in [0.2, 0.25) is 0 Å². The molecule has 0 aliphatic rings. The molecule has 0 aliphatic heterocycles. The van der Waals surface area contributed by atoms with Crippen molar-refractivity contribution in [2.24, 2.45) is 5.92 Å². The lowest BCUT2D eigenvalue weighted by Crippen LogP contribution is -2.35. The van der Waals surface area contributed by atoms with Crippen LogP contribution >= 0.6 is 0 Å². The summed E-state index contributed by atoms with van der Waals surface area (Å²) in [5, 5.41) is 16.5. The van der Waals surface area contributed by atoms with Crippen LogP contribution in [0.3, 0.4) is 0 Å². The van der Waals surface area contributed by atoms with Gasteiger partial charge in [-0.25, -0.2) is 14.1 Å². The lowest BCUT2D eigenvalue weighted by molar-refractivity contribution is 0.0862. The van der Waals surface area contributed by atoms with Crippen LogP contribution in [0.5, 0.6) is 0 Å². The summed E-state index contributed by atoms with van der Waals surface area (Å²) < 4.78 is 15.4. The van der Waals surface area contributed by atoms with Crippen molar-refractivity contribution in [1.29, 1.82) is 0 Å². The molecular formula is C17H23FN4O2. The zero-order valence-electron chi connectivity index (χ0n) is 14.2. The van der Waals surface area contributed by atoms with Crippen molar-refractivity contribution in [3.05, 3.63) is 41.7 Å². The molecule has 130 valence electrons. The highest BCUT2D eigenvalue weighted by atomic mass is 19.1. The largest absolute Gasteiger partial charge is 0.391 e. The normalized spacial score (nSPS) is 12.4. The van der Waals surface area contributed by atoms with Crippen LogP contribution in [-0.4, -0.2) is 38.4 Å². The number of amides is 1. The fourth-order valence-corrected chi connectivity index (χ4v) is 2.15. The van der Waals surface area contributed by atoms with Gasteiger partial charge >= 0.3 is 0 Å². The molecule has 0 fully saturated rings. The highest BCUT2D eigenvalue weighted by molar-refractivity contribution is 5.90. The fraction of sp³-hybridized carbons (Fsp3) is 0.471. The van der Waals surface area contributed by atoms with Crippen LogP contribution in [0.25, 0.3) is 5.69 Å². The van der Waals surface area contributed by atoms with E-state index in [0.717, 1.165) is 6.42 Å². The molecule has 0 saturated heterocycles. The Labute approximate surface area is 140 Å². The molecule has 1 heterocycles. The van der Waals surface area contributed by atoms with E-state index in [1.165, 1.54) is 10.7 Å². The van der Waals surface area contributed by atoms with E-state index < -0.39 is 17.8 Å². The maximum Gasteiger partial charge on any atom is 0.291 e. The zero-order chi connectivity index (χ0) is 17.7. The Bertz CT molecular complexity index is 700. The van der Waals surface area contributed by atoms with Gasteiger partial charge in [-0.2, -0.15) is 0 Å². The van der Waals surface area contributed by atoms with Crippen LogP contribution in [-0.2, 0) is 6.42 Å². The van der Waals surface area contributed by atoms with E-state index in [1.54, 1.807) is 18.2 Å². The minimum absolute atomic E-state index is 0.0299. The number of benzene rings is 1. The van der Waals surface area contributed by atoms with Crippen LogP contribution < -0.4 is 5.32 Å². The maximum absolute atomic E-state index is 14.0. The third kappa shape index (κ3) is 4.17. The van der Waals surface area contributed by atoms with Gasteiger partial charge in [0.25, 0.3) is 5.91 Å². The minimum Gasteiger partial charge on any atom is -0.391 e. The first-order valence-electron chi connectivity index (χ1n) is 8.11. The number of halogens is 1. The number of carbonyl (C=O) groups is 1. The zero-order valence-corrected chi connectivity index (χ0v) is 14.2. The molecule has 1 amide bonds. The Balaban J connectivity index is 2.25. The summed E-state index contributed by atoms with van der Waals surface area (Å²) in [6, 6.07) is 6.23. The summed E-state index contributed by atoms with van der Waals surface area (Å²) in [4.78, 5) is 16.4. The number of nitrogens with zero attached hydrogens (tertiary/aromatic N) is 3. The van der Waals surface area contributed by atoms with Gasteiger partial charge in [0.05, 0.1) is 6.10 Å². The molecule has 0 aliphatic carbocycles. The first kappa shape index (κ1) is 18.1. The second-order valence-corrected chi connectivity index (χ2v) is 5.99. The number of aryl methyl sites for hydroxylation is 1. The van der Waals surface area contributed by atoms with Crippen molar-refractivity contribution in [3.63, 3.8) is 0 Å². The summed E-state index contributed by atoms with van der Waals surface area (Å²) in [5.74, 6) is -0.385. The SMILES string of the molecule is CCCc1nc(C(=O)NCC(O)C(C)C)nn1-c1ccccc1F. The monoisotopic (exact) mass is 334 g/mol. The number of hydrogen-bond donors (Lipinski definition) is 2. The van der Waals surface area contributed by atoms with E-state index in [4.69, 9.17) is 0 Å². The third-order valence-corrected chi connectivity index (χ3v) is 3.67. The first-order valence-corrected chi connectivity index (χ1v) is 8.11. The number of carbonyl (C=O) groups excluding carboxylic acids is 1. The van der Waals surface area contributed by atoms with Gasteiger partial charge in [-0.3, -0.25) is 4.79 Å². The lowest BCUT2D eigenvalue weighted by Gasteiger charge is -2.14. The molecule has 1 aromatic carbocycles. The number of hydrogen-bond acceptors (Lipinski definition) is 4. The van der Waals surface area contributed by atoms with Gasteiger partial charge in [-0.05, 0) is 24.5 Å². The molecule has 0 saturated carbocycles. The second kappa shape index (κ2) is 8.01. The Morgan fingerprint density at radius 1 is 1.38 bits per heavy atom. The van der Waals surface area contributed by atoms with E-state index in [2.05, 4.69) is 15.4 Å². The molecular weight excluding hydrogens is 311 g/mol. The molecule has 0 spiro atoms. The van der Waals surface area contributed by atoms with Gasteiger partial charge in [-0.1, -0.05) is 32.9 Å². The van der Waals surface area contributed by atoms with Gasteiger partial charge in [0.15, 0.2) is 0 Å². The number of aliphatic hydroxyl groups excluding tert-OH is 1. The number of nitrogens with one attached hydrogen (secondary N) is 1. The second-order valence-electron chi connectivity index (χ2n) is 5.99. The topological polar surface area (TPSA) is 80.0 Å². The van der Waals surface area contributed by atoms with Gasteiger partial charge < -0.3 is 10.4 Å². The Kier molecular flexibility index (Phi) is 6.03. The summed E-state index contributed by atoms with van der Waals surface area (Å²) >= 11 is 0. The average molecular weight is 334 g/mol. The third-order valence-electron chi connectivity index (χ3n) is 3.67. The summed E-state index contributed by atoms with van der Waals surface area (Å²) in [6.07, 6.45) is 0.724. The smallest absolute Gasteiger partial charge is 0.291 e. The van der Waals surface area contributed by atoms with E-state index in [0.29, 0.717) is 12.2 Å². The lowest BCUT2D eigenvalue weighted by atomic mass is 10.1. The molecule has 7 heteroatoms. The maximum atomic E-state index is 14.0. The van der Waals surface area contributed by atoms with Crippen molar-refractivity contribution in [2.45, 2.75) is 39.7 Å². The van der Waals surface area contributed by atoms with Crippen LogP contribution in [0.1, 0.15) is 43.6 Å². The van der Waals surface area contributed by atoms with Crippen molar-refractivity contribution < 1.29 is 14.3 Å². The average Bonchev–Trinajstić information content (AvgIpc) is 2.97. The minimum atomic E-state index is -0.641. The molecule has 24 heavy (non-hydrogen) atoms. The molecule has 2 aromatic rings. The van der Waals surface area contributed by atoms with E-state index in [9.17, 15) is 14.3 Å². The highest BCUT2D eigenvalue weighted by Crippen LogP contribution is 2.15. The van der Waals surface area contributed by atoms with Crippen molar-refractivity contribution in [3.8, 4) is 5.69 Å². The Hall–Kier alpha value is -2.28. The highest BCUT2D eigenvalue weighted by Gasteiger charge is 2.19. The molecule has 2 rings (SSSR count). The number of aromatic nitrogens is 3. The molecule has 1 atom stereocenters.